The van der Waals surface area contributed by atoms with Crippen LogP contribution in [0.3, 0.4) is 0 Å². The third-order valence-electron chi connectivity index (χ3n) is 5.95. The fourth-order valence-electron chi connectivity index (χ4n) is 4.23. The molecule has 7 heteroatoms. The number of aromatic nitrogens is 4. The summed E-state index contributed by atoms with van der Waals surface area (Å²) in [5.41, 5.74) is 2.54. The van der Waals surface area contributed by atoms with Gasteiger partial charge in [-0.05, 0) is 53.6 Å². The Balaban J connectivity index is 1.60. The lowest BCUT2D eigenvalue weighted by atomic mass is 10.0. The zero-order valence-electron chi connectivity index (χ0n) is 17.9. The third-order valence-corrected chi connectivity index (χ3v) is 5.95. The van der Waals surface area contributed by atoms with Crippen LogP contribution >= 0.6 is 0 Å². The van der Waals surface area contributed by atoms with Crippen molar-refractivity contribution in [1.29, 1.82) is 0 Å². The molecule has 2 heterocycles. The monoisotopic (exact) mass is 408 g/mol. The van der Waals surface area contributed by atoms with Gasteiger partial charge in [-0.25, -0.2) is 4.68 Å². The lowest BCUT2D eigenvalue weighted by molar-refractivity contribution is -1.02. The van der Waals surface area contributed by atoms with Gasteiger partial charge in [0.15, 0.2) is 6.04 Å². The van der Waals surface area contributed by atoms with Crippen LogP contribution in [0.4, 0.5) is 0 Å². The zero-order valence-corrected chi connectivity index (χ0v) is 17.9. The van der Waals surface area contributed by atoms with Crippen LogP contribution in [0.5, 0.6) is 5.75 Å². The topological polar surface area (TPSA) is 61.7 Å². The first-order chi connectivity index (χ1) is 14.7. The molecule has 0 spiro atoms. The highest BCUT2D eigenvalue weighted by molar-refractivity contribution is 5.30. The molecule has 0 aliphatic carbocycles. The molecule has 2 N–H and O–H groups in total. The van der Waals surface area contributed by atoms with Crippen LogP contribution in [0.1, 0.15) is 29.9 Å². The first kappa shape index (κ1) is 20.5. The van der Waals surface area contributed by atoms with E-state index >= 15 is 0 Å². The molecule has 1 aliphatic rings. The zero-order chi connectivity index (χ0) is 20.8. The maximum Gasteiger partial charge on any atom is 0.214 e. The summed E-state index contributed by atoms with van der Waals surface area (Å²) >= 11 is 0. The van der Waals surface area contributed by atoms with Gasteiger partial charge in [0.1, 0.15) is 31.9 Å². The van der Waals surface area contributed by atoms with E-state index in [9.17, 15) is 0 Å². The van der Waals surface area contributed by atoms with Crippen LogP contribution in [-0.2, 0) is 13.0 Å². The van der Waals surface area contributed by atoms with E-state index in [1.54, 1.807) is 4.90 Å². The van der Waals surface area contributed by atoms with Gasteiger partial charge in [0.05, 0.1) is 13.7 Å². The van der Waals surface area contributed by atoms with Crippen molar-refractivity contribution in [1.82, 2.24) is 20.2 Å². The highest BCUT2D eigenvalue weighted by Crippen LogP contribution is 2.21. The minimum Gasteiger partial charge on any atom is -0.494 e. The highest BCUT2D eigenvalue weighted by atomic mass is 16.5. The lowest BCUT2D eigenvalue weighted by Crippen LogP contribution is -3.27. The third kappa shape index (κ3) is 4.86. The van der Waals surface area contributed by atoms with Gasteiger partial charge in [0.25, 0.3) is 0 Å². The minimum atomic E-state index is 0.125. The van der Waals surface area contributed by atoms with Crippen molar-refractivity contribution in [3.05, 3.63) is 71.5 Å². The number of piperazine rings is 1. The molecule has 158 valence electrons. The molecule has 1 saturated heterocycles. The summed E-state index contributed by atoms with van der Waals surface area (Å²) in [5, 5.41) is 12.9. The van der Waals surface area contributed by atoms with Crippen molar-refractivity contribution in [3.8, 4) is 5.75 Å². The molecule has 0 unspecified atom stereocenters. The number of nitrogens with one attached hydrogen (secondary N) is 2. The summed E-state index contributed by atoms with van der Waals surface area (Å²) in [6, 6.07) is 19.1. The predicted molar refractivity (Wildman–Crippen MR) is 115 cm³/mol. The number of ether oxygens (including phenoxy) is 1. The molecule has 0 saturated carbocycles. The maximum absolute atomic E-state index is 5.65. The van der Waals surface area contributed by atoms with E-state index < -0.39 is 0 Å². The first-order valence-corrected chi connectivity index (χ1v) is 10.9. The molecule has 0 amide bonds. The Kier molecular flexibility index (Phi) is 6.71. The van der Waals surface area contributed by atoms with E-state index in [-0.39, 0.29) is 6.04 Å². The summed E-state index contributed by atoms with van der Waals surface area (Å²) in [7, 11) is 2.27. The van der Waals surface area contributed by atoms with Gasteiger partial charge in [-0.15, -0.1) is 5.10 Å². The minimum absolute atomic E-state index is 0.125. The highest BCUT2D eigenvalue weighted by Gasteiger charge is 2.34. The molecule has 1 fully saturated rings. The quantitative estimate of drug-likeness (QED) is 0.543. The number of quaternary nitrogens is 2. The van der Waals surface area contributed by atoms with Crippen LogP contribution in [-0.4, -0.2) is 60.0 Å². The first-order valence-electron chi connectivity index (χ1n) is 10.9. The standard InChI is InChI=1S/C23H30N6O/c1-3-30-21-11-9-20(10-12-21)22(28-17-15-27(2)16-18-28)23-24-25-26-29(23)14-13-19-7-5-4-6-8-19/h4-12,22H,3,13-18H2,1-2H3/p+2/t22-/m1/s1. The summed E-state index contributed by atoms with van der Waals surface area (Å²) in [4.78, 5) is 3.12. The second-order valence-corrected chi connectivity index (χ2v) is 8.05. The summed E-state index contributed by atoms with van der Waals surface area (Å²) in [5.74, 6) is 1.85. The normalized spacial score (nSPS) is 20.1. The van der Waals surface area contributed by atoms with Gasteiger partial charge in [-0.2, -0.15) is 0 Å². The number of nitrogens with zero attached hydrogens (tertiary/aromatic N) is 4. The number of rotatable bonds is 8. The van der Waals surface area contributed by atoms with Crippen LogP contribution in [0.2, 0.25) is 0 Å². The van der Waals surface area contributed by atoms with Crippen LogP contribution in [0, 0.1) is 0 Å². The molecule has 3 aromatic rings. The molecule has 2 aromatic carbocycles. The van der Waals surface area contributed by atoms with Gasteiger partial charge < -0.3 is 14.5 Å². The molecule has 1 aromatic heterocycles. The molecule has 1 aliphatic heterocycles. The van der Waals surface area contributed by atoms with Crippen molar-refractivity contribution < 1.29 is 14.5 Å². The fourth-order valence-corrected chi connectivity index (χ4v) is 4.23. The molecule has 4 rings (SSSR count). The number of benzene rings is 2. The lowest BCUT2D eigenvalue weighted by Gasteiger charge is -2.32. The number of likely N-dealkylation sites (N-methyl/N-ethyl adjacent to an activating group) is 1. The predicted octanol–water partition coefficient (Wildman–Crippen LogP) is -0.183. The van der Waals surface area contributed by atoms with E-state index in [1.165, 1.54) is 16.0 Å². The Hall–Kier alpha value is -2.77. The van der Waals surface area contributed by atoms with Crippen LogP contribution < -0.4 is 14.5 Å². The van der Waals surface area contributed by atoms with E-state index in [1.807, 2.05) is 17.7 Å². The molecule has 0 bridgehead atoms. The molecular weight excluding hydrogens is 376 g/mol. The van der Waals surface area contributed by atoms with Gasteiger partial charge in [0, 0.05) is 12.1 Å². The van der Waals surface area contributed by atoms with Crippen molar-refractivity contribution in [2.45, 2.75) is 25.9 Å². The van der Waals surface area contributed by atoms with Gasteiger partial charge >= 0.3 is 0 Å². The van der Waals surface area contributed by atoms with Gasteiger partial charge in [-0.1, -0.05) is 30.3 Å². The van der Waals surface area contributed by atoms with Crippen LogP contribution in [0.25, 0.3) is 0 Å². The number of tetrazole rings is 1. The second kappa shape index (κ2) is 9.82. The number of aryl methyl sites for hydroxylation is 2. The van der Waals surface area contributed by atoms with E-state index in [4.69, 9.17) is 4.74 Å². The van der Waals surface area contributed by atoms with E-state index in [2.05, 4.69) is 71.1 Å². The second-order valence-electron chi connectivity index (χ2n) is 8.05. The van der Waals surface area contributed by atoms with Crippen molar-refractivity contribution in [2.24, 2.45) is 0 Å². The smallest absolute Gasteiger partial charge is 0.214 e. The molecule has 30 heavy (non-hydrogen) atoms. The Morgan fingerprint density at radius 2 is 1.73 bits per heavy atom. The number of hydrogen-bond acceptors (Lipinski definition) is 4. The fraction of sp³-hybridized carbons (Fsp3) is 0.435. The summed E-state index contributed by atoms with van der Waals surface area (Å²) in [6.45, 7) is 7.99. The Morgan fingerprint density at radius 1 is 1.00 bits per heavy atom. The Morgan fingerprint density at radius 3 is 2.43 bits per heavy atom. The van der Waals surface area contributed by atoms with E-state index in [0.29, 0.717) is 6.61 Å². The van der Waals surface area contributed by atoms with Crippen molar-refractivity contribution in [2.75, 3.05) is 39.8 Å². The average Bonchev–Trinajstić information content (AvgIpc) is 3.24. The van der Waals surface area contributed by atoms with E-state index in [0.717, 1.165) is 50.7 Å². The number of hydrogen-bond donors (Lipinski definition) is 2. The molecule has 7 nitrogen and oxygen atoms in total. The summed E-state index contributed by atoms with van der Waals surface area (Å²) in [6.07, 6.45) is 0.914. The SMILES string of the molecule is CCOc1ccc([C@H](c2nnnn2CCc2ccccc2)[NH+]2CC[NH+](C)CC2)cc1. The van der Waals surface area contributed by atoms with Crippen molar-refractivity contribution in [3.63, 3.8) is 0 Å². The molecule has 0 radical (unpaired) electrons. The molecular formula is C23H32N6O+2. The average molecular weight is 409 g/mol. The van der Waals surface area contributed by atoms with Crippen LogP contribution in [0.15, 0.2) is 54.6 Å². The van der Waals surface area contributed by atoms with Gasteiger partial charge in [-0.3, -0.25) is 0 Å². The van der Waals surface area contributed by atoms with Crippen molar-refractivity contribution >= 4 is 0 Å². The Bertz CT molecular complexity index is 903. The Labute approximate surface area is 178 Å². The van der Waals surface area contributed by atoms with Gasteiger partial charge in [0.2, 0.25) is 5.82 Å². The summed E-state index contributed by atoms with van der Waals surface area (Å²) < 4.78 is 7.64. The molecule has 1 atom stereocenters. The maximum atomic E-state index is 5.65. The largest absolute Gasteiger partial charge is 0.494 e.